The van der Waals surface area contributed by atoms with Gasteiger partial charge in [-0.05, 0) is 12.1 Å². The minimum absolute atomic E-state index is 0.0384. The van der Waals surface area contributed by atoms with E-state index in [9.17, 15) is 4.79 Å². The Hall–Kier alpha value is -2.14. The molecule has 0 unspecified atom stereocenters. The molecule has 1 amide bonds. The third kappa shape index (κ3) is 3.15. The monoisotopic (exact) mass is 329 g/mol. The molecule has 120 valence electrons. The van der Waals surface area contributed by atoms with E-state index in [1.54, 1.807) is 26.0 Å². The van der Waals surface area contributed by atoms with Crippen molar-refractivity contribution < 1.29 is 14.3 Å². The van der Waals surface area contributed by atoms with Crippen molar-refractivity contribution in [2.24, 2.45) is 0 Å². The molecule has 1 saturated heterocycles. The van der Waals surface area contributed by atoms with Gasteiger partial charge >= 0.3 is 0 Å². The van der Waals surface area contributed by atoms with E-state index in [4.69, 9.17) is 9.47 Å². The van der Waals surface area contributed by atoms with Crippen molar-refractivity contribution in [3.05, 3.63) is 59.7 Å². The molecular weight excluding hydrogens is 310 g/mol. The first kappa shape index (κ1) is 15.7. The van der Waals surface area contributed by atoms with Crippen LogP contribution in [0.1, 0.15) is 16.5 Å². The maximum Gasteiger partial charge on any atom is 0.234 e. The number of hydrogen-bond acceptors (Lipinski definition) is 4. The Kier molecular flexibility index (Phi) is 4.76. The molecule has 1 heterocycles. The van der Waals surface area contributed by atoms with Gasteiger partial charge in [0.25, 0.3) is 0 Å². The highest BCUT2D eigenvalue weighted by Crippen LogP contribution is 2.43. The van der Waals surface area contributed by atoms with E-state index < -0.39 is 0 Å². The van der Waals surface area contributed by atoms with Crippen molar-refractivity contribution >= 4 is 17.7 Å². The SMILES string of the molecule is COc1ccccc1CN1C(=O)CS[C@H]1c1ccccc1OC. The first-order chi connectivity index (χ1) is 11.2. The second-order valence-corrected chi connectivity index (χ2v) is 6.31. The number of methoxy groups -OCH3 is 2. The normalized spacial score (nSPS) is 17.4. The van der Waals surface area contributed by atoms with Gasteiger partial charge in [-0.2, -0.15) is 0 Å². The third-order valence-electron chi connectivity index (χ3n) is 3.91. The van der Waals surface area contributed by atoms with Crippen LogP contribution in [0.25, 0.3) is 0 Å². The summed E-state index contributed by atoms with van der Waals surface area (Å²) in [5, 5.41) is -0.0384. The lowest BCUT2D eigenvalue weighted by Crippen LogP contribution is -2.28. The minimum atomic E-state index is -0.0384. The first-order valence-corrected chi connectivity index (χ1v) is 8.45. The second-order valence-electron chi connectivity index (χ2n) is 5.24. The smallest absolute Gasteiger partial charge is 0.234 e. The number of rotatable bonds is 5. The van der Waals surface area contributed by atoms with Gasteiger partial charge in [0.15, 0.2) is 0 Å². The summed E-state index contributed by atoms with van der Waals surface area (Å²) in [6, 6.07) is 15.7. The zero-order valence-corrected chi connectivity index (χ0v) is 14.0. The van der Waals surface area contributed by atoms with Crippen LogP contribution in [0, 0.1) is 0 Å². The molecule has 0 N–H and O–H groups in total. The molecule has 5 heteroatoms. The van der Waals surface area contributed by atoms with Crippen molar-refractivity contribution in [2.75, 3.05) is 20.0 Å². The zero-order chi connectivity index (χ0) is 16.2. The number of benzene rings is 2. The van der Waals surface area contributed by atoms with E-state index >= 15 is 0 Å². The summed E-state index contributed by atoms with van der Waals surface area (Å²) in [6.07, 6.45) is 0. The molecule has 0 aliphatic carbocycles. The number of carbonyl (C=O) groups is 1. The molecule has 0 bridgehead atoms. The van der Waals surface area contributed by atoms with Gasteiger partial charge in [-0.1, -0.05) is 36.4 Å². The number of nitrogens with zero attached hydrogens (tertiary/aromatic N) is 1. The van der Waals surface area contributed by atoms with Gasteiger partial charge in [-0.3, -0.25) is 4.79 Å². The molecule has 2 aromatic rings. The number of para-hydroxylation sites is 2. The lowest BCUT2D eigenvalue weighted by Gasteiger charge is -2.26. The standard InChI is InChI=1S/C18H19NO3S/c1-21-15-9-5-3-7-13(15)11-19-17(20)12-23-18(19)14-8-4-6-10-16(14)22-2/h3-10,18H,11-12H2,1-2H3/t18-/m0/s1. The molecule has 2 aromatic carbocycles. The number of ether oxygens (including phenoxy) is 2. The maximum absolute atomic E-state index is 12.4. The second kappa shape index (κ2) is 6.96. The number of carbonyl (C=O) groups excluding carboxylic acids is 1. The molecule has 1 fully saturated rings. The van der Waals surface area contributed by atoms with Crippen LogP contribution in [0.3, 0.4) is 0 Å². The van der Waals surface area contributed by atoms with Crippen LogP contribution in [0.2, 0.25) is 0 Å². The quantitative estimate of drug-likeness (QED) is 0.842. The third-order valence-corrected chi connectivity index (χ3v) is 5.14. The topological polar surface area (TPSA) is 38.8 Å². The summed E-state index contributed by atoms with van der Waals surface area (Å²) in [7, 11) is 3.31. The Morgan fingerprint density at radius 3 is 2.43 bits per heavy atom. The number of hydrogen-bond donors (Lipinski definition) is 0. The Morgan fingerprint density at radius 1 is 1.04 bits per heavy atom. The molecule has 3 rings (SSSR count). The fourth-order valence-corrected chi connectivity index (χ4v) is 3.98. The minimum Gasteiger partial charge on any atom is -0.496 e. The van der Waals surface area contributed by atoms with Gasteiger partial charge in [-0.15, -0.1) is 11.8 Å². The average Bonchev–Trinajstić information content (AvgIpc) is 2.96. The van der Waals surface area contributed by atoms with Crippen molar-refractivity contribution in [3.63, 3.8) is 0 Å². The van der Waals surface area contributed by atoms with E-state index in [0.29, 0.717) is 12.3 Å². The summed E-state index contributed by atoms with van der Waals surface area (Å²) in [6.45, 7) is 0.526. The summed E-state index contributed by atoms with van der Waals surface area (Å²) < 4.78 is 10.9. The van der Waals surface area contributed by atoms with Crippen molar-refractivity contribution in [3.8, 4) is 11.5 Å². The highest BCUT2D eigenvalue weighted by molar-refractivity contribution is 8.00. The number of thioether (sulfide) groups is 1. The molecule has 0 spiro atoms. The Bertz CT molecular complexity index is 704. The largest absolute Gasteiger partial charge is 0.496 e. The fourth-order valence-electron chi connectivity index (χ4n) is 2.77. The lowest BCUT2D eigenvalue weighted by molar-refractivity contribution is -0.128. The molecule has 0 radical (unpaired) electrons. The molecule has 23 heavy (non-hydrogen) atoms. The molecule has 1 aliphatic heterocycles. The van der Waals surface area contributed by atoms with E-state index in [2.05, 4.69) is 0 Å². The van der Waals surface area contributed by atoms with Crippen LogP contribution in [0.15, 0.2) is 48.5 Å². The molecular formula is C18H19NO3S. The zero-order valence-electron chi connectivity index (χ0n) is 13.2. The highest BCUT2D eigenvalue weighted by Gasteiger charge is 2.34. The van der Waals surface area contributed by atoms with Gasteiger partial charge < -0.3 is 14.4 Å². The Balaban J connectivity index is 1.91. The highest BCUT2D eigenvalue weighted by atomic mass is 32.2. The fraction of sp³-hybridized carbons (Fsp3) is 0.278. The van der Waals surface area contributed by atoms with Crippen LogP contribution < -0.4 is 9.47 Å². The molecule has 1 atom stereocenters. The van der Waals surface area contributed by atoms with Crippen LogP contribution >= 0.6 is 11.8 Å². The van der Waals surface area contributed by atoms with E-state index in [-0.39, 0.29) is 11.3 Å². The molecule has 4 nitrogen and oxygen atoms in total. The van der Waals surface area contributed by atoms with Crippen LogP contribution in [0.4, 0.5) is 0 Å². The lowest BCUT2D eigenvalue weighted by atomic mass is 10.1. The van der Waals surface area contributed by atoms with Gasteiger partial charge in [0, 0.05) is 11.1 Å². The van der Waals surface area contributed by atoms with E-state index in [0.717, 1.165) is 22.6 Å². The number of amides is 1. The summed E-state index contributed by atoms with van der Waals surface area (Å²) in [5.74, 6) is 2.23. The summed E-state index contributed by atoms with van der Waals surface area (Å²) in [5.41, 5.74) is 2.03. The van der Waals surface area contributed by atoms with Gasteiger partial charge in [0.2, 0.25) is 5.91 Å². The summed E-state index contributed by atoms with van der Waals surface area (Å²) >= 11 is 1.63. The van der Waals surface area contributed by atoms with Crippen LogP contribution in [-0.4, -0.2) is 30.8 Å². The van der Waals surface area contributed by atoms with Gasteiger partial charge in [0.05, 0.1) is 26.5 Å². The first-order valence-electron chi connectivity index (χ1n) is 7.40. The van der Waals surface area contributed by atoms with E-state index in [1.165, 1.54) is 0 Å². The molecule has 0 aromatic heterocycles. The maximum atomic E-state index is 12.4. The van der Waals surface area contributed by atoms with Crippen molar-refractivity contribution in [2.45, 2.75) is 11.9 Å². The van der Waals surface area contributed by atoms with Crippen molar-refractivity contribution in [1.29, 1.82) is 0 Å². The van der Waals surface area contributed by atoms with Gasteiger partial charge in [-0.25, -0.2) is 0 Å². The molecule has 1 aliphatic rings. The van der Waals surface area contributed by atoms with Crippen molar-refractivity contribution in [1.82, 2.24) is 4.90 Å². The predicted octanol–water partition coefficient (Wildman–Crippen LogP) is 3.48. The van der Waals surface area contributed by atoms with E-state index in [1.807, 2.05) is 53.4 Å². The Morgan fingerprint density at radius 2 is 1.70 bits per heavy atom. The Labute approximate surface area is 140 Å². The van der Waals surface area contributed by atoms with Crippen LogP contribution in [0.5, 0.6) is 11.5 Å². The van der Waals surface area contributed by atoms with Gasteiger partial charge in [0.1, 0.15) is 16.9 Å². The summed E-state index contributed by atoms with van der Waals surface area (Å²) in [4.78, 5) is 14.3. The average molecular weight is 329 g/mol. The molecule has 0 saturated carbocycles. The van der Waals surface area contributed by atoms with Crippen LogP contribution in [-0.2, 0) is 11.3 Å². The predicted molar refractivity (Wildman–Crippen MR) is 91.7 cm³/mol.